The lowest BCUT2D eigenvalue weighted by atomic mass is 9.90. The number of hydrogen-bond acceptors (Lipinski definition) is 2. The molecule has 0 bridgehead atoms. The lowest BCUT2D eigenvalue weighted by molar-refractivity contribution is 0.661. The van der Waals surface area contributed by atoms with Crippen molar-refractivity contribution in [3.63, 3.8) is 0 Å². The second-order valence-electron chi connectivity index (χ2n) is 4.95. The summed E-state index contributed by atoms with van der Waals surface area (Å²) >= 11 is 0. The molecule has 0 amide bonds. The molecule has 0 aliphatic carbocycles. The fourth-order valence-corrected chi connectivity index (χ4v) is 2.86. The van der Waals surface area contributed by atoms with E-state index in [2.05, 4.69) is 41.8 Å². The highest BCUT2D eigenvalue weighted by molar-refractivity contribution is 5.61. The summed E-state index contributed by atoms with van der Waals surface area (Å²) in [6.07, 6.45) is 4.71. The third-order valence-electron chi connectivity index (χ3n) is 3.90. The van der Waals surface area contributed by atoms with Crippen LogP contribution < -0.4 is 10.6 Å². The van der Waals surface area contributed by atoms with Crippen LogP contribution in [0.4, 0.5) is 5.69 Å². The molecule has 2 aliphatic rings. The molecule has 2 heterocycles. The first kappa shape index (κ1) is 10.8. The minimum Gasteiger partial charge on any atom is -0.384 e. The Labute approximate surface area is 103 Å². The fourth-order valence-electron chi connectivity index (χ4n) is 2.86. The zero-order valence-corrected chi connectivity index (χ0v) is 10.4. The highest BCUT2D eigenvalue weighted by Crippen LogP contribution is 2.37. The van der Waals surface area contributed by atoms with E-state index >= 15 is 0 Å². The Morgan fingerprint density at radius 2 is 2.29 bits per heavy atom. The summed E-state index contributed by atoms with van der Waals surface area (Å²) in [5.41, 5.74) is 5.82. The number of nitrogens with one attached hydrogen (secondary N) is 2. The first-order valence-corrected chi connectivity index (χ1v) is 6.65. The predicted molar refractivity (Wildman–Crippen MR) is 72.6 cm³/mol. The third kappa shape index (κ3) is 1.98. The summed E-state index contributed by atoms with van der Waals surface area (Å²) in [5.74, 6) is 0.587. The van der Waals surface area contributed by atoms with E-state index in [0.717, 1.165) is 26.1 Å². The Bertz CT molecular complexity index is 448. The molecule has 2 N–H and O–H groups in total. The molecule has 1 aromatic carbocycles. The van der Waals surface area contributed by atoms with Crippen molar-refractivity contribution in [1.29, 1.82) is 0 Å². The van der Waals surface area contributed by atoms with Crippen molar-refractivity contribution in [2.24, 2.45) is 0 Å². The van der Waals surface area contributed by atoms with Crippen LogP contribution in [0.3, 0.4) is 0 Å². The Kier molecular flexibility index (Phi) is 2.89. The number of rotatable bonds is 2. The van der Waals surface area contributed by atoms with Crippen molar-refractivity contribution >= 4 is 5.69 Å². The third-order valence-corrected chi connectivity index (χ3v) is 3.90. The summed E-state index contributed by atoms with van der Waals surface area (Å²) in [7, 11) is 0. The van der Waals surface area contributed by atoms with E-state index in [4.69, 9.17) is 0 Å². The van der Waals surface area contributed by atoms with Crippen molar-refractivity contribution in [2.75, 3.05) is 25.0 Å². The van der Waals surface area contributed by atoms with Crippen LogP contribution in [0.15, 0.2) is 29.8 Å². The molecule has 90 valence electrons. The van der Waals surface area contributed by atoms with Crippen LogP contribution in [0.1, 0.15) is 30.4 Å². The standard InChI is InChI=1S/C15H20N2/c1-2-11-5-6-13-14(10-17-15(13)8-11)12-4-3-7-16-9-12/h4-6,8,14,16-17H,2-3,7,9-10H2,1H3. The quantitative estimate of drug-likeness (QED) is 0.760. The Morgan fingerprint density at radius 1 is 1.35 bits per heavy atom. The maximum Gasteiger partial charge on any atom is 0.0382 e. The average Bonchev–Trinajstić information content (AvgIpc) is 2.82. The maximum atomic E-state index is 3.55. The lowest BCUT2D eigenvalue weighted by Gasteiger charge is -2.20. The van der Waals surface area contributed by atoms with Crippen molar-refractivity contribution in [3.05, 3.63) is 41.0 Å². The zero-order chi connectivity index (χ0) is 11.7. The van der Waals surface area contributed by atoms with Gasteiger partial charge in [0.2, 0.25) is 0 Å². The van der Waals surface area contributed by atoms with E-state index in [1.165, 1.54) is 23.2 Å². The molecule has 0 saturated heterocycles. The second kappa shape index (κ2) is 4.53. The molecule has 2 nitrogen and oxygen atoms in total. The van der Waals surface area contributed by atoms with Gasteiger partial charge in [0.25, 0.3) is 0 Å². The van der Waals surface area contributed by atoms with Crippen LogP contribution >= 0.6 is 0 Å². The monoisotopic (exact) mass is 228 g/mol. The number of benzene rings is 1. The van der Waals surface area contributed by atoms with E-state index in [0.29, 0.717) is 5.92 Å². The van der Waals surface area contributed by atoms with Crippen LogP contribution in [0.25, 0.3) is 0 Å². The van der Waals surface area contributed by atoms with Gasteiger partial charge < -0.3 is 10.6 Å². The fraction of sp³-hybridized carbons (Fsp3) is 0.467. The van der Waals surface area contributed by atoms with E-state index in [1.807, 2.05) is 0 Å². The van der Waals surface area contributed by atoms with Crippen LogP contribution in [-0.4, -0.2) is 19.6 Å². The molecule has 0 spiro atoms. The molecule has 17 heavy (non-hydrogen) atoms. The smallest absolute Gasteiger partial charge is 0.0382 e. The summed E-state index contributed by atoms with van der Waals surface area (Å²) in [6.45, 7) is 5.46. The van der Waals surface area contributed by atoms with Crippen molar-refractivity contribution in [3.8, 4) is 0 Å². The lowest BCUT2D eigenvalue weighted by Crippen LogP contribution is -2.25. The first-order valence-electron chi connectivity index (χ1n) is 6.65. The molecular weight excluding hydrogens is 208 g/mol. The number of anilines is 1. The van der Waals surface area contributed by atoms with Gasteiger partial charge in [-0.15, -0.1) is 0 Å². The van der Waals surface area contributed by atoms with Gasteiger partial charge in [-0.1, -0.05) is 30.7 Å². The molecule has 2 aliphatic heterocycles. The zero-order valence-electron chi connectivity index (χ0n) is 10.4. The Hall–Kier alpha value is -1.28. The normalized spacial score (nSPS) is 22.9. The summed E-state index contributed by atoms with van der Waals surface area (Å²) in [5, 5.41) is 7.02. The molecule has 2 heteroatoms. The van der Waals surface area contributed by atoms with Crippen LogP contribution in [0, 0.1) is 0 Å². The number of aryl methyl sites for hydroxylation is 1. The van der Waals surface area contributed by atoms with Crippen LogP contribution in [0.5, 0.6) is 0 Å². The van der Waals surface area contributed by atoms with E-state index in [9.17, 15) is 0 Å². The van der Waals surface area contributed by atoms with Gasteiger partial charge in [-0.3, -0.25) is 0 Å². The molecule has 0 radical (unpaired) electrons. The molecule has 0 aromatic heterocycles. The molecule has 3 rings (SSSR count). The Morgan fingerprint density at radius 3 is 3.06 bits per heavy atom. The highest BCUT2D eigenvalue weighted by Gasteiger charge is 2.25. The molecule has 0 fully saturated rings. The van der Waals surface area contributed by atoms with E-state index in [-0.39, 0.29) is 0 Å². The SMILES string of the molecule is CCc1ccc2c(c1)NCC2C1=CCCNC1. The topological polar surface area (TPSA) is 24.1 Å². The minimum atomic E-state index is 0.587. The van der Waals surface area contributed by atoms with Crippen molar-refractivity contribution in [1.82, 2.24) is 5.32 Å². The molecule has 1 aromatic rings. The van der Waals surface area contributed by atoms with Crippen molar-refractivity contribution < 1.29 is 0 Å². The summed E-state index contributed by atoms with van der Waals surface area (Å²) in [6, 6.07) is 6.90. The van der Waals surface area contributed by atoms with Crippen LogP contribution in [0.2, 0.25) is 0 Å². The van der Waals surface area contributed by atoms with E-state index in [1.54, 1.807) is 5.57 Å². The molecular formula is C15H20N2. The van der Waals surface area contributed by atoms with Crippen molar-refractivity contribution in [2.45, 2.75) is 25.7 Å². The summed E-state index contributed by atoms with van der Waals surface area (Å²) in [4.78, 5) is 0. The minimum absolute atomic E-state index is 0.587. The maximum absolute atomic E-state index is 3.55. The van der Waals surface area contributed by atoms with Crippen LogP contribution in [-0.2, 0) is 6.42 Å². The number of hydrogen-bond donors (Lipinski definition) is 2. The van der Waals surface area contributed by atoms with Gasteiger partial charge in [0, 0.05) is 24.7 Å². The van der Waals surface area contributed by atoms with Gasteiger partial charge in [0.1, 0.15) is 0 Å². The summed E-state index contributed by atoms with van der Waals surface area (Å²) < 4.78 is 0. The average molecular weight is 228 g/mol. The highest BCUT2D eigenvalue weighted by atomic mass is 14.9. The largest absolute Gasteiger partial charge is 0.384 e. The van der Waals surface area contributed by atoms with Gasteiger partial charge in [0.05, 0.1) is 0 Å². The van der Waals surface area contributed by atoms with Gasteiger partial charge in [-0.05, 0) is 36.6 Å². The van der Waals surface area contributed by atoms with Gasteiger partial charge >= 0.3 is 0 Å². The van der Waals surface area contributed by atoms with Gasteiger partial charge in [0.15, 0.2) is 0 Å². The van der Waals surface area contributed by atoms with E-state index < -0.39 is 0 Å². The molecule has 1 atom stereocenters. The Balaban J connectivity index is 1.90. The van der Waals surface area contributed by atoms with Gasteiger partial charge in [-0.25, -0.2) is 0 Å². The number of fused-ring (bicyclic) bond motifs is 1. The molecule has 0 saturated carbocycles. The predicted octanol–water partition coefficient (Wildman–Crippen LogP) is 2.68. The molecule has 1 unspecified atom stereocenters. The second-order valence-corrected chi connectivity index (χ2v) is 4.95. The van der Waals surface area contributed by atoms with Gasteiger partial charge in [-0.2, -0.15) is 0 Å². The first-order chi connectivity index (χ1) is 8.38.